The molecule has 667 valence electrons. The average Bonchev–Trinajstić information content (AvgIpc) is 1.77. The molecule has 0 saturated carbocycles. The molecular weight excluding hydrogens is 2580 g/mol. The van der Waals surface area contributed by atoms with Crippen LogP contribution in [0, 0.1) is 72.2 Å². The topological polar surface area (TPSA) is 86.5 Å². The van der Waals surface area contributed by atoms with Crippen LogP contribution in [0.1, 0.15) is 93.0 Å². The summed E-state index contributed by atoms with van der Waals surface area (Å²) < 4.78 is 174. The smallest absolute Gasteiger partial charge is 0.340 e. The van der Waals surface area contributed by atoms with E-state index in [2.05, 4.69) is 73.9 Å². The van der Waals surface area contributed by atoms with E-state index in [1.165, 1.54) is 73.7 Å². The Morgan fingerprint density at radius 2 is 0.695 bits per heavy atom. The van der Waals surface area contributed by atoms with Gasteiger partial charge >= 0.3 is 12.4 Å². The van der Waals surface area contributed by atoms with Crippen molar-refractivity contribution < 1.29 is 153 Å². The Labute approximate surface area is 806 Å². The second-order valence-corrected chi connectivity index (χ2v) is 32.2. The van der Waals surface area contributed by atoms with Gasteiger partial charge in [-0.3, -0.25) is 42.5 Å². The van der Waals surface area contributed by atoms with Crippen molar-refractivity contribution in [2.45, 2.75) is 84.5 Å². The van der Waals surface area contributed by atoms with Crippen LogP contribution in [0.3, 0.4) is 0 Å². The zero-order valence-corrected chi connectivity index (χ0v) is 81.7. The molecule has 0 amide bonds. The van der Waals surface area contributed by atoms with E-state index in [0.717, 1.165) is 111 Å². The van der Waals surface area contributed by atoms with Crippen molar-refractivity contribution >= 4 is 181 Å². The molecule has 10 heterocycles. The van der Waals surface area contributed by atoms with Crippen molar-refractivity contribution in [3.05, 3.63) is 348 Å². The van der Waals surface area contributed by atoms with Crippen LogP contribution in [-0.2, 0) is 101 Å². The van der Waals surface area contributed by atoms with Crippen LogP contribution >= 0.6 is 0 Å². The third-order valence-electron chi connectivity index (χ3n) is 23.8. The predicted molar refractivity (Wildman–Crippen MR) is 477 cm³/mol. The van der Waals surface area contributed by atoms with E-state index in [1.54, 1.807) is 42.7 Å². The first kappa shape index (κ1) is 94.2. The van der Waals surface area contributed by atoms with Crippen molar-refractivity contribution in [1.29, 1.82) is 0 Å². The Hall–Kier alpha value is -11.4. The van der Waals surface area contributed by atoms with Gasteiger partial charge in [-0.1, -0.05) is 179 Å². The van der Waals surface area contributed by atoms with E-state index in [-0.39, 0.29) is 147 Å². The molecule has 24 aromatic rings. The van der Waals surface area contributed by atoms with Gasteiger partial charge in [0.05, 0.1) is 84.2 Å². The Morgan fingerprint density at radius 1 is 0.313 bits per heavy atom. The van der Waals surface area contributed by atoms with Gasteiger partial charge in [-0.25, -0.2) is 8.78 Å². The van der Waals surface area contributed by atoms with Crippen LogP contribution in [0.15, 0.2) is 255 Å². The molecule has 131 heavy (non-hydrogen) atoms. The zero-order valence-electron chi connectivity index (χ0n) is 69.7. The molecule has 2 unspecified atom stereocenters. The Bertz CT molecular complexity index is 8660. The number of hydrogen-bond donors (Lipinski definition) is 0. The summed E-state index contributed by atoms with van der Waals surface area (Å²) in [5, 5.41) is 11.7. The minimum Gasteiger partial charge on any atom is -0.340 e. The van der Waals surface area contributed by atoms with Crippen LogP contribution in [0.4, 0.5) is 52.7 Å². The fourth-order valence-corrected chi connectivity index (χ4v) is 17.6. The van der Waals surface area contributed by atoms with Gasteiger partial charge in [0.25, 0.3) is 0 Å². The second-order valence-electron chi connectivity index (χ2n) is 32.2. The molecule has 0 aliphatic heterocycles. The maximum atomic E-state index is 15.0. The number of rotatable bonds is 4. The van der Waals surface area contributed by atoms with Gasteiger partial charge in [-0.05, 0) is 155 Å². The SMILES string of the molecule is CC(C)c1cc2c(cc1F)nc1c3[c-]cc(F)cc3c3ccccc3n21.CC(C)c1ccc2c(c1F)c1cc(F)c[c-]c1c1nccn21.CC(c1ccc2nc3c4[c-]cc(F)cc4c4ccccc4n3c2c1)C(F)(F)F.CC(c1ccc2nc3c4[c-]cccc4c4ccccc4n3c2c1)C(F)(F)F.Cc1ccc2c(c1)c1cc(F)c[c-]c1c1nc3ccccc3n21.[Ir].[Ir].[Ir].[Ir].[Ir]. The van der Waals surface area contributed by atoms with Gasteiger partial charge in [0, 0.05) is 170 Å². The Kier molecular flexibility index (Phi) is 26.3. The summed E-state index contributed by atoms with van der Waals surface area (Å²) in [6.07, 6.45) is -5.17. The van der Waals surface area contributed by atoms with Crippen LogP contribution < -0.4 is 0 Å². The van der Waals surface area contributed by atoms with Gasteiger partial charge < -0.3 is 22.0 Å². The van der Waals surface area contributed by atoms with E-state index in [9.17, 15) is 48.3 Å². The number of para-hydroxylation sites is 5. The number of imidazole rings is 5. The number of pyridine rings is 5. The summed E-state index contributed by atoms with van der Waals surface area (Å²) in [5.74, 6) is -5.00. The number of aryl methyl sites for hydroxylation is 1. The van der Waals surface area contributed by atoms with Gasteiger partial charge in [-0.15, -0.1) is 102 Å². The molecule has 0 aliphatic carbocycles. The van der Waals surface area contributed by atoms with Gasteiger partial charge in [0.2, 0.25) is 0 Å². The quantitative estimate of drug-likeness (QED) is 0.0995. The number of halogens is 12. The molecule has 2 atom stereocenters. The number of alkyl halides is 6. The molecule has 5 radical (unpaired) electrons. The Balaban J connectivity index is 0.000000125. The van der Waals surface area contributed by atoms with Gasteiger partial charge in [0.1, 0.15) is 11.6 Å². The summed E-state index contributed by atoms with van der Waals surface area (Å²) in [5.41, 5.74) is 16.4. The largest absolute Gasteiger partial charge is 0.395 e. The predicted octanol–water partition coefficient (Wildman–Crippen LogP) is 28.5. The third-order valence-corrected chi connectivity index (χ3v) is 23.8. The summed E-state index contributed by atoms with van der Waals surface area (Å²) in [4.78, 5) is 23.0. The molecule has 0 bridgehead atoms. The van der Waals surface area contributed by atoms with E-state index >= 15 is 4.39 Å². The molecule has 0 saturated heterocycles. The molecule has 10 nitrogen and oxygen atoms in total. The maximum absolute atomic E-state index is 15.0. The molecular formula is C104H67F12Ir5N10-5. The number of hydrogen-bond acceptors (Lipinski definition) is 5. The summed E-state index contributed by atoms with van der Waals surface area (Å²) >= 11 is 0. The van der Waals surface area contributed by atoms with E-state index in [4.69, 9.17) is 9.97 Å². The number of benzene rings is 14. The maximum Gasteiger partial charge on any atom is 0.395 e. The van der Waals surface area contributed by atoms with E-state index < -0.39 is 35.8 Å². The van der Waals surface area contributed by atoms with Gasteiger partial charge in [0.15, 0.2) is 0 Å². The van der Waals surface area contributed by atoms with Crippen LogP contribution in [0.5, 0.6) is 0 Å². The zero-order chi connectivity index (χ0) is 87.4. The van der Waals surface area contributed by atoms with Crippen LogP contribution in [0.2, 0.25) is 0 Å². The monoisotopic (exact) mass is 2650 g/mol. The first-order valence-corrected chi connectivity index (χ1v) is 40.7. The number of nitrogens with zero attached hydrogens (tertiary/aromatic N) is 10. The average molecular weight is 2650 g/mol. The number of aromatic nitrogens is 10. The molecule has 0 spiro atoms. The van der Waals surface area contributed by atoms with Crippen molar-refractivity contribution in [2.24, 2.45) is 0 Å². The molecule has 0 fully saturated rings. The molecule has 27 heteroatoms. The normalized spacial score (nSPS) is 12.3. The van der Waals surface area contributed by atoms with E-state index in [1.807, 2.05) is 174 Å². The van der Waals surface area contributed by atoms with Crippen LogP contribution in [0.25, 0.3) is 181 Å². The van der Waals surface area contributed by atoms with Crippen LogP contribution in [-0.4, -0.2) is 59.3 Å². The van der Waals surface area contributed by atoms with Crippen molar-refractivity contribution in [3.8, 4) is 0 Å². The van der Waals surface area contributed by atoms with Gasteiger partial charge in [-0.2, -0.15) is 26.3 Å². The first-order chi connectivity index (χ1) is 60.6. The van der Waals surface area contributed by atoms with Crippen molar-refractivity contribution in [3.63, 3.8) is 0 Å². The second kappa shape index (κ2) is 36.6. The molecule has 14 aromatic carbocycles. The molecule has 24 rings (SSSR count). The third kappa shape index (κ3) is 16.4. The summed E-state index contributed by atoms with van der Waals surface area (Å²) in [6.45, 7) is 12.2. The molecule has 10 aromatic heterocycles. The fourth-order valence-electron chi connectivity index (χ4n) is 17.6. The number of fused-ring (bicyclic) bond motifs is 38. The van der Waals surface area contributed by atoms with Crippen molar-refractivity contribution in [2.75, 3.05) is 0 Å². The minimum absolute atomic E-state index is 0. The Morgan fingerprint density at radius 3 is 1.18 bits per heavy atom. The molecule has 0 N–H and O–H groups in total. The summed E-state index contributed by atoms with van der Waals surface area (Å²) in [6, 6.07) is 85.8. The summed E-state index contributed by atoms with van der Waals surface area (Å²) in [7, 11) is 0. The first-order valence-electron chi connectivity index (χ1n) is 40.7. The minimum atomic E-state index is -4.33. The van der Waals surface area contributed by atoms with E-state index in [0.29, 0.717) is 93.7 Å². The van der Waals surface area contributed by atoms with Crippen molar-refractivity contribution in [1.82, 2.24) is 46.9 Å². The standard InChI is InChI=1S/C22H13F4N2.C22H14F3N2.C22H15F2N2.C20H12FN2.C18H13F2N2.5Ir/c1-12(22(24,25)26)13-6-9-18-20(10-13)28-19-5-3-2-4-15(19)17-11-14(23)7-8-16(17)21(28)27-18;1-13(22(23,24)25)14-10-11-18-20(12-14)27-19-9-5-4-7-16(19)15-6-2-3-8-17(15)21(27)26-18;1-12(2)16-10-21-19(11-18(16)24)25-22-15-8-7-13(23)9-17(15)14-5-3-4-6-20(14)26(21)22;1-12-6-9-18-16(10-12)15-11-13(21)7-8-14(15)20-22-17-4-2-3-5-19(17)23(18)20;1-10(2)12-5-6-15-16(17(12)20)14-9-11(19)3-4-13(14)18-21-7-8-22(15)18;;;;;/h2-7,9-12H,1H3;2-7,9-13H,1H3;3-7,9-12H,1-2H3;2-7,9-11H,1H3;3,5-10H,1-2H3;;;;;/q5*-1;;;;;. The molecule has 0 aliphatic rings. The fraction of sp³-hybridized carbons (Fsp3) is 0.125.